The molecule has 2 aliphatic carbocycles. The van der Waals surface area contributed by atoms with Gasteiger partial charge in [-0.2, -0.15) is 0 Å². The van der Waals surface area contributed by atoms with E-state index in [1.54, 1.807) is 4.90 Å². The molecule has 3 nitrogen and oxygen atoms in total. The Balaban J connectivity index is 1.68. The van der Waals surface area contributed by atoms with Crippen LogP contribution in [0.25, 0.3) is 0 Å². The number of fused-ring (bicyclic) bond motifs is 1. The first-order valence-electron chi connectivity index (χ1n) is 6.75. The van der Waals surface area contributed by atoms with Gasteiger partial charge in [0.2, 0.25) is 5.91 Å². The summed E-state index contributed by atoms with van der Waals surface area (Å²) in [5.74, 6) is 2.24. The van der Waals surface area contributed by atoms with Gasteiger partial charge in [0, 0.05) is 25.2 Å². The predicted octanol–water partition coefficient (Wildman–Crippen LogP) is 2.15. The predicted molar refractivity (Wildman–Crippen MR) is 72.1 cm³/mol. The SMILES string of the molecule is CN(C(=O)C1CC2CC2C1)c1ccc(CN)cc1. The van der Waals surface area contributed by atoms with E-state index in [-0.39, 0.29) is 11.8 Å². The summed E-state index contributed by atoms with van der Waals surface area (Å²) in [6.07, 6.45) is 3.57. The van der Waals surface area contributed by atoms with Crippen LogP contribution in [0.3, 0.4) is 0 Å². The third kappa shape index (κ3) is 2.03. The normalized spacial score (nSPS) is 28.9. The number of amides is 1. The Labute approximate surface area is 108 Å². The molecule has 2 atom stereocenters. The van der Waals surface area contributed by atoms with E-state index in [0.717, 1.165) is 35.9 Å². The van der Waals surface area contributed by atoms with Gasteiger partial charge in [0.15, 0.2) is 0 Å². The van der Waals surface area contributed by atoms with Crippen molar-refractivity contribution in [1.82, 2.24) is 0 Å². The molecule has 3 rings (SSSR count). The van der Waals surface area contributed by atoms with Gasteiger partial charge < -0.3 is 10.6 Å². The molecule has 1 aromatic carbocycles. The molecule has 0 spiro atoms. The highest BCUT2D eigenvalue weighted by atomic mass is 16.2. The Kier molecular flexibility index (Phi) is 2.86. The monoisotopic (exact) mass is 244 g/mol. The molecular formula is C15H20N2O. The molecule has 96 valence electrons. The van der Waals surface area contributed by atoms with Gasteiger partial charge in [-0.25, -0.2) is 0 Å². The van der Waals surface area contributed by atoms with Crippen LogP contribution in [0.1, 0.15) is 24.8 Å². The summed E-state index contributed by atoms with van der Waals surface area (Å²) in [4.78, 5) is 14.2. The molecule has 2 saturated carbocycles. The van der Waals surface area contributed by atoms with Crippen molar-refractivity contribution in [2.24, 2.45) is 23.5 Å². The second-order valence-electron chi connectivity index (χ2n) is 5.69. The number of benzene rings is 1. The average Bonchev–Trinajstić information content (AvgIpc) is 3.03. The van der Waals surface area contributed by atoms with Crippen molar-refractivity contribution in [2.45, 2.75) is 25.8 Å². The fourth-order valence-corrected chi connectivity index (χ4v) is 3.17. The third-order valence-electron chi connectivity index (χ3n) is 4.48. The highest BCUT2D eigenvalue weighted by molar-refractivity contribution is 5.94. The van der Waals surface area contributed by atoms with E-state index in [0.29, 0.717) is 6.54 Å². The number of carbonyl (C=O) groups is 1. The van der Waals surface area contributed by atoms with E-state index in [1.165, 1.54) is 6.42 Å². The number of anilines is 1. The van der Waals surface area contributed by atoms with Gasteiger partial charge in [-0.15, -0.1) is 0 Å². The first kappa shape index (κ1) is 11.7. The van der Waals surface area contributed by atoms with Crippen LogP contribution >= 0.6 is 0 Å². The van der Waals surface area contributed by atoms with Gasteiger partial charge in [-0.05, 0) is 48.8 Å². The molecule has 2 fully saturated rings. The number of carbonyl (C=O) groups excluding carboxylic acids is 1. The number of nitrogens with zero attached hydrogens (tertiary/aromatic N) is 1. The van der Waals surface area contributed by atoms with Gasteiger partial charge in [0.05, 0.1) is 0 Å². The van der Waals surface area contributed by atoms with Crippen molar-refractivity contribution in [3.8, 4) is 0 Å². The number of hydrogen-bond acceptors (Lipinski definition) is 2. The van der Waals surface area contributed by atoms with Crippen molar-refractivity contribution >= 4 is 11.6 Å². The molecule has 18 heavy (non-hydrogen) atoms. The van der Waals surface area contributed by atoms with Crippen molar-refractivity contribution in [3.63, 3.8) is 0 Å². The zero-order chi connectivity index (χ0) is 12.7. The van der Waals surface area contributed by atoms with Crippen LogP contribution in [0.15, 0.2) is 24.3 Å². The van der Waals surface area contributed by atoms with E-state index in [2.05, 4.69) is 0 Å². The number of nitrogens with two attached hydrogens (primary N) is 1. The molecule has 1 amide bonds. The Morgan fingerprint density at radius 3 is 2.39 bits per heavy atom. The molecule has 3 heteroatoms. The molecule has 0 bridgehead atoms. The lowest BCUT2D eigenvalue weighted by atomic mass is 10.0. The fourth-order valence-electron chi connectivity index (χ4n) is 3.17. The second-order valence-corrected chi connectivity index (χ2v) is 5.69. The molecule has 0 saturated heterocycles. The van der Waals surface area contributed by atoms with Crippen LogP contribution in [0.2, 0.25) is 0 Å². The molecule has 1 aromatic rings. The van der Waals surface area contributed by atoms with Crippen LogP contribution in [0, 0.1) is 17.8 Å². The Morgan fingerprint density at radius 1 is 1.22 bits per heavy atom. The maximum absolute atomic E-state index is 12.4. The van der Waals surface area contributed by atoms with Gasteiger partial charge >= 0.3 is 0 Å². The first-order chi connectivity index (χ1) is 8.69. The minimum Gasteiger partial charge on any atom is -0.326 e. The van der Waals surface area contributed by atoms with E-state index in [1.807, 2.05) is 31.3 Å². The first-order valence-corrected chi connectivity index (χ1v) is 6.75. The van der Waals surface area contributed by atoms with Crippen LogP contribution in [-0.2, 0) is 11.3 Å². The average molecular weight is 244 g/mol. The highest BCUT2D eigenvalue weighted by Crippen LogP contribution is 2.54. The van der Waals surface area contributed by atoms with Gasteiger partial charge in [0.25, 0.3) is 0 Å². The smallest absolute Gasteiger partial charge is 0.229 e. The highest BCUT2D eigenvalue weighted by Gasteiger charge is 2.48. The lowest BCUT2D eigenvalue weighted by molar-refractivity contribution is -0.122. The largest absolute Gasteiger partial charge is 0.326 e. The summed E-state index contributed by atoms with van der Waals surface area (Å²) in [7, 11) is 1.88. The molecule has 0 heterocycles. The van der Waals surface area contributed by atoms with Crippen molar-refractivity contribution in [1.29, 1.82) is 0 Å². The number of rotatable bonds is 3. The van der Waals surface area contributed by atoms with Crippen LogP contribution in [0.5, 0.6) is 0 Å². The zero-order valence-corrected chi connectivity index (χ0v) is 10.8. The number of hydrogen-bond donors (Lipinski definition) is 1. The summed E-state index contributed by atoms with van der Waals surface area (Å²) in [6, 6.07) is 7.95. The molecule has 0 aliphatic heterocycles. The van der Waals surface area contributed by atoms with Crippen molar-refractivity contribution in [2.75, 3.05) is 11.9 Å². The summed E-state index contributed by atoms with van der Waals surface area (Å²) >= 11 is 0. The summed E-state index contributed by atoms with van der Waals surface area (Å²) in [5.41, 5.74) is 7.64. The van der Waals surface area contributed by atoms with Crippen LogP contribution < -0.4 is 10.6 Å². The Bertz CT molecular complexity index is 444. The lowest BCUT2D eigenvalue weighted by Gasteiger charge is -2.22. The fraction of sp³-hybridized carbons (Fsp3) is 0.533. The van der Waals surface area contributed by atoms with Crippen molar-refractivity contribution < 1.29 is 4.79 Å². The van der Waals surface area contributed by atoms with Crippen molar-refractivity contribution in [3.05, 3.63) is 29.8 Å². The molecule has 0 aromatic heterocycles. The molecule has 0 radical (unpaired) electrons. The maximum Gasteiger partial charge on any atom is 0.229 e. The topological polar surface area (TPSA) is 46.3 Å². The summed E-state index contributed by atoms with van der Waals surface area (Å²) in [5, 5.41) is 0. The third-order valence-corrected chi connectivity index (χ3v) is 4.48. The van der Waals surface area contributed by atoms with E-state index >= 15 is 0 Å². The minimum atomic E-state index is 0.257. The molecule has 2 unspecified atom stereocenters. The second kappa shape index (κ2) is 4.39. The Hall–Kier alpha value is -1.35. The molecular weight excluding hydrogens is 224 g/mol. The van der Waals surface area contributed by atoms with E-state index < -0.39 is 0 Å². The maximum atomic E-state index is 12.4. The quantitative estimate of drug-likeness (QED) is 0.885. The minimum absolute atomic E-state index is 0.257. The van der Waals surface area contributed by atoms with Gasteiger partial charge in [-0.1, -0.05) is 12.1 Å². The Morgan fingerprint density at radius 2 is 1.83 bits per heavy atom. The standard InChI is InChI=1S/C15H20N2O/c1-17(14-4-2-10(9-16)3-5-14)15(18)13-7-11-6-12(11)8-13/h2-5,11-13H,6-9,16H2,1H3. The zero-order valence-electron chi connectivity index (χ0n) is 10.8. The van der Waals surface area contributed by atoms with Gasteiger partial charge in [0.1, 0.15) is 0 Å². The lowest BCUT2D eigenvalue weighted by Crippen LogP contribution is -2.32. The van der Waals surface area contributed by atoms with Gasteiger partial charge in [-0.3, -0.25) is 4.79 Å². The summed E-state index contributed by atoms with van der Waals surface area (Å²) < 4.78 is 0. The van der Waals surface area contributed by atoms with Crippen LogP contribution in [0.4, 0.5) is 5.69 Å². The van der Waals surface area contributed by atoms with Crippen LogP contribution in [-0.4, -0.2) is 13.0 Å². The molecule has 2 N–H and O–H groups in total. The molecule has 2 aliphatic rings. The van der Waals surface area contributed by atoms with E-state index in [9.17, 15) is 4.79 Å². The summed E-state index contributed by atoms with van der Waals surface area (Å²) in [6.45, 7) is 0.546. The van der Waals surface area contributed by atoms with E-state index in [4.69, 9.17) is 5.73 Å².